The van der Waals surface area contributed by atoms with Crippen LogP contribution in [0.4, 0.5) is 0 Å². The molecule has 0 spiro atoms. The monoisotopic (exact) mass is 480 g/mol. The van der Waals surface area contributed by atoms with Crippen molar-refractivity contribution in [2.75, 3.05) is 20.3 Å². The number of carbonyl (C=O) groups excluding carboxylic acids is 3. The molecule has 1 saturated heterocycles. The lowest BCUT2D eigenvalue weighted by Crippen LogP contribution is -2.53. The van der Waals surface area contributed by atoms with Crippen LogP contribution in [0.15, 0.2) is 58.8 Å². The van der Waals surface area contributed by atoms with Crippen LogP contribution in [-0.4, -0.2) is 52.6 Å². The molecule has 1 aliphatic heterocycles. The SMILES string of the molecule is COCCCNC(=O)Cn1cc(/C=C2/C(=O)NC(=S)N(Cc3ccco3)C2=O)c2ccccc21. The van der Waals surface area contributed by atoms with Gasteiger partial charge in [0.05, 0.1) is 12.8 Å². The van der Waals surface area contributed by atoms with Crippen LogP contribution in [0.1, 0.15) is 17.7 Å². The van der Waals surface area contributed by atoms with Crippen molar-refractivity contribution in [3.63, 3.8) is 0 Å². The molecule has 1 aromatic carbocycles. The van der Waals surface area contributed by atoms with E-state index in [9.17, 15) is 14.4 Å². The Bertz CT molecular complexity index is 1260. The van der Waals surface area contributed by atoms with Gasteiger partial charge in [-0.3, -0.25) is 24.6 Å². The highest BCUT2D eigenvalue weighted by atomic mass is 32.1. The normalized spacial score (nSPS) is 15.3. The van der Waals surface area contributed by atoms with Gasteiger partial charge in [-0.2, -0.15) is 0 Å². The van der Waals surface area contributed by atoms with E-state index in [1.54, 1.807) is 30.0 Å². The summed E-state index contributed by atoms with van der Waals surface area (Å²) in [6, 6.07) is 10.9. The Morgan fingerprint density at radius 3 is 2.82 bits per heavy atom. The summed E-state index contributed by atoms with van der Waals surface area (Å²) in [6.45, 7) is 1.29. The Morgan fingerprint density at radius 1 is 1.24 bits per heavy atom. The lowest BCUT2D eigenvalue weighted by atomic mass is 10.1. The van der Waals surface area contributed by atoms with Gasteiger partial charge >= 0.3 is 0 Å². The van der Waals surface area contributed by atoms with E-state index in [-0.39, 0.29) is 29.7 Å². The first kappa shape index (κ1) is 23.4. The predicted octanol–water partition coefficient (Wildman–Crippen LogP) is 2.21. The number of hydrogen-bond donors (Lipinski definition) is 2. The van der Waals surface area contributed by atoms with E-state index >= 15 is 0 Å². The topological polar surface area (TPSA) is 106 Å². The van der Waals surface area contributed by atoms with E-state index in [0.29, 0.717) is 24.5 Å². The standard InChI is InChI=1S/C24H24N4O5S/c1-32-10-5-9-25-21(29)15-27-13-16(18-7-2-3-8-20(18)27)12-19-22(30)26-24(34)28(23(19)31)14-17-6-4-11-33-17/h2-4,6-8,11-13H,5,9-10,14-15H2,1H3,(H,25,29)(H,26,30,34)/b19-12-. The fraction of sp³-hybridized carbons (Fsp3) is 0.250. The highest BCUT2D eigenvalue weighted by molar-refractivity contribution is 7.80. The zero-order chi connectivity index (χ0) is 24.1. The molecule has 0 unspecified atom stereocenters. The number of aromatic nitrogens is 1. The number of hydrogen-bond acceptors (Lipinski definition) is 6. The van der Waals surface area contributed by atoms with Gasteiger partial charge < -0.3 is 19.0 Å². The lowest BCUT2D eigenvalue weighted by Gasteiger charge is -2.28. The number of rotatable bonds is 9. The van der Waals surface area contributed by atoms with Gasteiger partial charge in [0.1, 0.15) is 17.9 Å². The molecule has 9 nitrogen and oxygen atoms in total. The lowest BCUT2D eigenvalue weighted by molar-refractivity contribution is -0.129. The zero-order valence-corrected chi connectivity index (χ0v) is 19.4. The largest absolute Gasteiger partial charge is 0.467 e. The van der Waals surface area contributed by atoms with Gasteiger partial charge in [0.25, 0.3) is 11.8 Å². The van der Waals surface area contributed by atoms with Crippen LogP contribution in [-0.2, 0) is 32.2 Å². The van der Waals surface area contributed by atoms with Gasteiger partial charge in [-0.1, -0.05) is 18.2 Å². The predicted molar refractivity (Wildman–Crippen MR) is 129 cm³/mol. The smallest absolute Gasteiger partial charge is 0.266 e. The van der Waals surface area contributed by atoms with Crippen LogP contribution in [0.2, 0.25) is 0 Å². The first-order chi connectivity index (χ1) is 16.5. The molecule has 0 radical (unpaired) electrons. The van der Waals surface area contributed by atoms with E-state index in [4.69, 9.17) is 21.4 Å². The van der Waals surface area contributed by atoms with Crippen LogP contribution < -0.4 is 10.6 Å². The number of thiocarbonyl (C=S) groups is 1. The molecule has 4 rings (SSSR count). The summed E-state index contributed by atoms with van der Waals surface area (Å²) in [4.78, 5) is 39.5. The van der Waals surface area contributed by atoms with Crippen LogP contribution in [0.5, 0.6) is 0 Å². The Hall–Kier alpha value is -3.76. The Labute approximate surface area is 201 Å². The third kappa shape index (κ3) is 5.08. The molecule has 0 atom stereocenters. The average molecular weight is 481 g/mol. The minimum Gasteiger partial charge on any atom is -0.467 e. The molecule has 0 saturated carbocycles. The second-order valence-electron chi connectivity index (χ2n) is 7.71. The summed E-state index contributed by atoms with van der Waals surface area (Å²) in [5.74, 6) is -0.687. The minimum absolute atomic E-state index is 0.0242. The number of carbonyl (C=O) groups is 3. The summed E-state index contributed by atoms with van der Waals surface area (Å²) >= 11 is 5.20. The molecule has 3 heterocycles. The molecule has 1 fully saturated rings. The van der Waals surface area contributed by atoms with Crippen molar-refractivity contribution in [2.45, 2.75) is 19.5 Å². The number of furan rings is 1. The molecule has 34 heavy (non-hydrogen) atoms. The molecule has 3 aromatic rings. The molecule has 176 valence electrons. The number of ether oxygens (including phenoxy) is 1. The number of nitrogens with one attached hydrogen (secondary N) is 2. The molecule has 3 amide bonds. The van der Waals surface area contributed by atoms with E-state index in [1.807, 2.05) is 24.3 Å². The Morgan fingerprint density at radius 2 is 2.06 bits per heavy atom. The van der Waals surface area contributed by atoms with E-state index in [1.165, 1.54) is 17.2 Å². The molecular weight excluding hydrogens is 456 g/mol. The number of benzene rings is 1. The molecule has 1 aliphatic rings. The Kier molecular flexibility index (Phi) is 7.19. The van der Waals surface area contributed by atoms with Crippen molar-refractivity contribution in [2.24, 2.45) is 0 Å². The van der Waals surface area contributed by atoms with Gasteiger partial charge in [-0.05, 0) is 42.9 Å². The summed E-state index contributed by atoms with van der Waals surface area (Å²) in [6.07, 6.45) is 5.52. The zero-order valence-electron chi connectivity index (χ0n) is 18.6. The number of amides is 3. The Balaban J connectivity index is 1.60. The van der Waals surface area contributed by atoms with Crippen molar-refractivity contribution < 1.29 is 23.5 Å². The van der Waals surface area contributed by atoms with Gasteiger partial charge in [0.2, 0.25) is 5.91 Å². The molecule has 2 N–H and O–H groups in total. The van der Waals surface area contributed by atoms with Crippen molar-refractivity contribution in [1.29, 1.82) is 0 Å². The van der Waals surface area contributed by atoms with Crippen molar-refractivity contribution >= 4 is 52.0 Å². The average Bonchev–Trinajstić information content (AvgIpc) is 3.45. The fourth-order valence-corrected chi connectivity index (χ4v) is 3.97. The van der Waals surface area contributed by atoms with Gasteiger partial charge in [0.15, 0.2) is 5.11 Å². The van der Waals surface area contributed by atoms with Gasteiger partial charge in [0, 0.05) is 42.9 Å². The van der Waals surface area contributed by atoms with Crippen LogP contribution in [0.3, 0.4) is 0 Å². The summed E-state index contributed by atoms with van der Waals surface area (Å²) in [5.41, 5.74) is 1.41. The second kappa shape index (κ2) is 10.4. The number of nitrogens with zero attached hydrogens (tertiary/aromatic N) is 2. The molecule has 0 aliphatic carbocycles. The maximum absolute atomic E-state index is 13.2. The minimum atomic E-state index is -0.571. The van der Waals surface area contributed by atoms with Crippen molar-refractivity contribution in [3.8, 4) is 0 Å². The van der Waals surface area contributed by atoms with Crippen molar-refractivity contribution in [3.05, 3.63) is 65.8 Å². The summed E-state index contributed by atoms with van der Waals surface area (Å²) < 4.78 is 12.1. The fourth-order valence-electron chi connectivity index (χ4n) is 3.73. The van der Waals surface area contributed by atoms with Crippen LogP contribution >= 0.6 is 12.2 Å². The second-order valence-corrected chi connectivity index (χ2v) is 8.10. The van der Waals surface area contributed by atoms with E-state index in [0.717, 1.165) is 17.3 Å². The van der Waals surface area contributed by atoms with E-state index in [2.05, 4.69) is 10.6 Å². The summed E-state index contributed by atoms with van der Waals surface area (Å²) in [5, 5.41) is 6.27. The summed E-state index contributed by atoms with van der Waals surface area (Å²) in [7, 11) is 1.62. The van der Waals surface area contributed by atoms with E-state index < -0.39 is 11.8 Å². The molecule has 0 bridgehead atoms. The quantitative estimate of drug-likeness (QED) is 0.211. The van der Waals surface area contributed by atoms with Crippen LogP contribution in [0, 0.1) is 0 Å². The molecule has 2 aromatic heterocycles. The highest BCUT2D eigenvalue weighted by Crippen LogP contribution is 2.25. The van der Waals surface area contributed by atoms with Gasteiger partial charge in [-0.25, -0.2) is 0 Å². The number of para-hydroxylation sites is 1. The van der Waals surface area contributed by atoms with Crippen molar-refractivity contribution in [1.82, 2.24) is 20.1 Å². The first-order valence-electron chi connectivity index (χ1n) is 10.7. The third-order valence-electron chi connectivity index (χ3n) is 5.36. The molecular formula is C24H24N4O5S. The highest BCUT2D eigenvalue weighted by Gasteiger charge is 2.34. The maximum Gasteiger partial charge on any atom is 0.266 e. The van der Waals surface area contributed by atoms with Gasteiger partial charge in [-0.15, -0.1) is 0 Å². The number of fused-ring (bicyclic) bond motifs is 1. The number of methoxy groups -OCH3 is 1. The first-order valence-corrected chi connectivity index (χ1v) is 11.1. The maximum atomic E-state index is 13.2. The van der Waals surface area contributed by atoms with Crippen LogP contribution in [0.25, 0.3) is 17.0 Å². The molecule has 10 heteroatoms. The third-order valence-corrected chi connectivity index (χ3v) is 5.68.